The van der Waals surface area contributed by atoms with Gasteiger partial charge in [-0.2, -0.15) is 0 Å². The third kappa shape index (κ3) is 4.55. The molecular formula is C21H28N4OS. The van der Waals surface area contributed by atoms with Crippen molar-refractivity contribution in [1.29, 1.82) is 0 Å². The molecule has 144 valence electrons. The Morgan fingerprint density at radius 1 is 1.19 bits per heavy atom. The van der Waals surface area contributed by atoms with Gasteiger partial charge in [0.1, 0.15) is 0 Å². The van der Waals surface area contributed by atoms with Crippen LogP contribution in [0.4, 0.5) is 0 Å². The molecule has 2 aliphatic rings. The minimum atomic E-state index is 0.111. The van der Waals surface area contributed by atoms with Crippen LogP contribution in [0.25, 0.3) is 5.69 Å². The zero-order valence-electron chi connectivity index (χ0n) is 16.1. The first kappa shape index (κ1) is 18.6. The van der Waals surface area contributed by atoms with E-state index in [0.717, 1.165) is 42.8 Å². The van der Waals surface area contributed by atoms with Crippen LogP contribution in [0.2, 0.25) is 0 Å². The Kier molecular flexibility index (Phi) is 5.55. The Balaban J connectivity index is 1.29. The van der Waals surface area contributed by atoms with Crippen LogP contribution in [0.3, 0.4) is 0 Å². The van der Waals surface area contributed by atoms with Crippen molar-refractivity contribution in [2.75, 3.05) is 18.8 Å². The molecule has 6 heteroatoms. The molecule has 0 unspecified atom stereocenters. The van der Waals surface area contributed by atoms with Gasteiger partial charge < -0.3 is 10.2 Å². The number of carbonyl (C=O) groups is 1. The van der Waals surface area contributed by atoms with Crippen molar-refractivity contribution in [3.05, 3.63) is 41.7 Å². The Bertz CT molecular complexity index is 806. The summed E-state index contributed by atoms with van der Waals surface area (Å²) in [6, 6.07) is 7.55. The van der Waals surface area contributed by atoms with Crippen LogP contribution in [-0.2, 0) is 4.79 Å². The highest BCUT2D eigenvalue weighted by Gasteiger charge is 2.32. The van der Waals surface area contributed by atoms with E-state index in [4.69, 9.17) is 0 Å². The number of thioether (sulfide) groups is 1. The standard InChI is InChI=1S/C21H28N4OS/c1-15-3-4-19(13-16(15)2)25-12-9-22-21(25)27-14-20(26)23-17-7-10-24(11-8-17)18-5-6-18/h3-4,9,12-13,17-18H,5-8,10-11,14H2,1-2H3,(H,23,26). The fourth-order valence-corrected chi connectivity index (χ4v) is 4.50. The molecule has 2 heterocycles. The summed E-state index contributed by atoms with van der Waals surface area (Å²) in [7, 11) is 0. The third-order valence-corrected chi connectivity index (χ3v) is 6.63. The van der Waals surface area contributed by atoms with Gasteiger partial charge in [-0.1, -0.05) is 17.8 Å². The predicted octanol–water partition coefficient (Wildman–Crippen LogP) is 3.32. The number of aromatic nitrogens is 2. The van der Waals surface area contributed by atoms with Gasteiger partial charge in [0.25, 0.3) is 0 Å². The van der Waals surface area contributed by atoms with E-state index < -0.39 is 0 Å². The molecule has 2 fully saturated rings. The Labute approximate surface area is 165 Å². The van der Waals surface area contributed by atoms with E-state index in [1.54, 1.807) is 6.20 Å². The van der Waals surface area contributed by atoms with Crippen LogP contribution in [-0.4, -0.2) is 51.3 Å². The molecule has 1 aliphatic heterocycles. The average molecular weight is 385 g/mol. The summed E-state index contributed by atoms with van der Waals surface area (Å²) in [5, 5.41) is 4.07. The Hall–Kier alpha value is -1.79. The molecule has 0 bridgehead atoms. The number of piperidine rings is 1. The van der Waals surface area contributed by atoms with E-state index in [9.17, 15) is 4.79 Å². The van der Waals surface area contributed by atoms with E-state index in [-0.39, 0.29) is 5.91 Å². The van der Waals surface area contributed by atoms with Crippen LogP contribution >= 0.6 is 11.8 Å². The summed E-state index contributed by atoms with van der Waals surface area (Å²) in [6.45, 7) is 6.48. The number of imidazole rings is 1. The predicted molar refractivity (Wildman–Crippen MR) is 110 cm³/mol. The maximum absolute atomic E-state index is 12.4. The fourth-order valence-electron chi connectivity index (χ4n) is 3.72. The van der Waals surface area contributed by atoms with Crippen molar-refractivity contribution in [3.63, 3.8) is 0 Å². The van der Waals surface area contributed by atoms with E-state index in [0.29, 0.717) is 11.8 Å². The summed E-state index contributed by atoms with van der Waals surface area (Å²) in [5.41, 5.74) is 3.62. The molecular weight excluding hydrogens is 356 g/mol. The van der Waals surface area contributed by atoms with Gasteiger partial charge in [-0.25, -0.2) is 4.98 Å². The van der Waals surface area contributed by atoms with Gasteiger partial charge in [0.15, 0.2) is 5.16 Å². The van der Waals surface area contributed by atoms with Crippen molar-refractivity contribution in [2.45, 2.75) is 56.8 Å². The van der Waals surface area contributed by atoms with Gasteiger partial charge in [-0.15, -0.1) is 0 Å². The highest BCUT2D eigenvalue weighted by molar-refractivity contribution is 7.99. The number of aryl methyl sites for hydroxylation is 2. The van der Waals surface area contributed by atoms with Crippen LogP contribution in [0.15, 0.2) is 35.7 Å². The number of hydrogen-bond acceptors (Lipinski definition) is 4. The lowest BCUT2D eigenvalue weighted by molar-refractivity contribution is -0.119. The van der Waals surface area contributed by atoms with Crippen molar-refractivity contribution in [2.24, 2.45) is 0 Å². The van der Waals surface area contributed by atoms with Crippen molar-refractivity contribution < 1.29 is 4.79 Å². The third-order valence-electron chi connectivity index (χ3n) is 5.67. The van der Waals surface area contributed by atoms with Gasteiger partial charge >= 0.3 is 0 Å². The van der Waals surface area contributed by atoms with E-state index >= 15 is 0 Å². The zero-order chi connectivity index (χ0) is 18.8. The minimum Gasteiger partial charge on any atom is -0.353 e. The number of hydrogen-bond donors (Lipinski definition) is 1. The molecule has 4 rings (SSSR count). The highest BCUT2D eigenvalue weighted by atomic mass is 32.2. The second-order valence-electron chi connectivity index (χ2n) is 7.75. The number of rotatable bonds is 6. The normalized spacial score (nSPS) is 18.6. The van der Waals surface area contributed by atoms with E-state index in [2.05, 4.69) is 51.8 Å². The summed E-state index contributed by atoms with van der Waals surface area (Å²) in [6.07, 6.45) is 8.62. The molecule has 1 aromatic carbocycles. The van der Waals surface area contributed by atoms with E-state index in [1.165, 1.54) is 35.7 Å². The van der Waals surface area contributed by atoms with Crippen LogP contribution in [0.5, 0.6) is 0 Å². The molecule has 5 nitrogen and oxygen atoms in total. The van der Waals surface area contributed by atoms with Crippen LogP contribution in [0, 0.1) is 13.8 Å². The molecule has 1 saturated heterocycles. The van der Waals surface area contributed by atoms with Crippen molar-refractivity contribution >= 4 is 17.7 Å². The first-order chi connectivity index (χ1) is 13.1. The highest BCUT2D eigenvalue weighted by Crippen LogP contribution is 2.29. The van der Waals surface area contributed by atoms with E-state index in [1.807, 2.05) is 6.20 Å². The lowest BCUT2D eigenvalue weighted by Crippen LogP contribution is -2.45. The monoisotopic (exact) mass is 384 g/mol. The summed E-state index contributed by atoms with van der Waals surface area (Å²) in [4.78, 5) is 19.4. The molecule has 0 spiro atoms. The van der Waals surface area contributed by atoms with Crippen molar-refractivity contribution in [1.82, 2.24) is 19.8 Å². The van der Waals surface area contributed by atoms with Crippen LogP contribution in [0.1, 0.15) is 36.8 Å². The summed E-state index contributed by atoms with van der Waals surface area (Å²) >= 11 is 1.50. The minimum absolute atomic E-state index is 0.111. The van der Waals surface area contributed by atoms with Gasteiger partial charge in [-0.3, -0.25) is 9.36 Å². The molecule has 1 amide bonds. The quantitative estimate of drug-likeness (QED) is 0.776. The van der Waals surface area contributed by atoms with Gasteiger partial charge in [-0.05, 0) is 62.8 Å². The summed E-state index contributed by atoms with van der Waals surface area (Å²) < 4.78 is 2.05. The van der Waals surface area contributed by atoms with Gasteiger partial charge in [0, 0.05) is 43.3 Å². The lowest BCUT2D eigenvalue weighted by atomic mass is 10.1. The average Bonchev–Trinajstić information content (AvgIpc) is 3.41. The number of nitrogens with zero attached hydrogens (tertiary/aromatic N) is 3. The SMILES string of the molecule is Cc1ccc(-n2ccnc2SCC(=O)NC2CCN(C3CC3)CC2)cc1C. The number of benzene rings is 1. The molecule has 1 aliphatic carbocycles. The second-order valence-corrected chi connectivity index (χ2v) is 8.69. The van der Waals surface area contributed by atoms with Gasteiger partial charge in [0.05, 0.1) is 5.75 Å². The molecule has 1 aromatic heterocycles. The molecule has 2 aromatic rings. The lowest BCUT2D eigenvalue weighted by Gasteiger charge is -2.32. The number of carbonyl (C=O) groups excluding carboxylic acids is 1. The van der Waals surface area contributed by atoms with Crippen LogP contribution < -0.4 is 5.32 Å². The topological polar surface area (TPSA) is 50.2 Å². The second kappa shape index (κ2) is 8.07. The molecule has 0 radical (unpaired) electrons. The molecule has 27 heavy (non-hydrogen) atoms. The number of likely N-dealkylation sites (tertiary alicyclic amines) is 1. The van der Waals surface area contributed by atoms with Crippen molar-refractivity contribution in [3.8, 4) is 5.69 Å². The first-order valence-electron chi connectivity index (χ1n) is 9.87. The fraction of sp³-hybridized carbons (Fsp3) is 0.524. The maximum atomic E-state index is 12.4. The maximum Gasteiger partial charge on any atom is 0.230 e. The number of amides is 1. The Morgan fingerprint density at radius 2 is 1.96 bits per heavy atom. The zero-order valence-corrected chi connectivity index (χ0v) is 17.0. The molecule has 1 N–H and O–H groups in total. The van der Waals surface area contributed by atoms with Gasteiger partial charge in [0.2, 0.25) is 5.91 Å². The molecule has 1 saturated carbocycles. The smallest absolute Gasteiger partial charge is 0.230 e. The first-order valence-corrected chi connectivity index (χ1v) is 10.9. The largest absolute Gasteiger partial charge is 0.353 e. The summed E-state index contributed by atoms with van der Waals surface area (Å²) in [5.74, 6) is 0.518. The number of nitrogens with one attached hydrogen (secondary N) is 1. The molecule has 0 atom stereocenters. The Morgan fingerprint density at radius 3 is 2.67 bits per heavy atom.